The van der Waals surface area contributed by atoms with E-state index in [1.807, 2.05) is 4.90 Å². The Hall–Kier alpha value is -1.98. The lowest BCUT2D eigenvalue weighted by atomic mass is 10.0. The van der Waals surface area contributed by atoms with Crippen molar-refractivity contribution in [1.82, 2.24) is 4.90 Å². The van der Waals surface area contributed by atoms with Crippen molar-refractivity contribution in [3.05, 3.63) is 54.1 Å². The molecule has 138 valence electrons. The second-order valence-electron chi connectivity index (χ2n) is 6.95. The molecule has 1 saturated heterocycles. The maximum Gasteiger partial charge on any atom is 0.317 e. The molecule has 1 aliphatic heterocycles. The standard InChI is InChI=1S/C21H26N2O2S/c1-16(2)17-7-9-18(10-8-17)26-20-6-4-3-5-19(20)23-13-11-22(12-14-23)15-21(24)25/h3-10,16H,11-15H2,1-2H3,(H,24,25). The Morgan fingerprint density at radius 3 is 2.31 bits per heavy atom. The van der Waals surface area contributed by atoms with Crippen LogP contribution in [0.2, 0.25) is 0 Å². The summed E-state index contributed by atoms with van der Waals surface area (Å²) in [6.45, 7) is 7.84. The summed E-state index contributed by atoms with van der Waals surface area (Å²) >= 11 is 1.79. The minimum atomic E-state index is -0.751. The lowest BCUT2D eigenvalue weighted by Gasteiger charge is -2.36. The quantitative estimate of drug-likeness (QED) is 0.827. The van der Waals surface area contributed by atoms with E-state index in [-0.39, 0.29) is 6.54 Å². The topological polar surface area (TPSA) is 43.8 Å². The highest BCUT2D eigenvalue weighted by molar-refractivity contribution is 7.99. The van der Waals surface area contributed by atoms with E-state index in [2.05, 4.69) is 67.3 Å². The lowest BCUT2D eigenvalue weighted by Crippen LogP contribution is -2.48. The molecule has 4 nitrogen and oxygen atoms in total. The second kappa shape index (κ2) is 8.60. The molecule has 26 heavy (non-hydrogen) atoms. The number of hydrogen-bond donors (Lipinski definition) is 1. The minimum Gasteiger partial charge on any atom is -0.480 e. The first-order valence-corrected chi connectivity index (χ1v) is 9.90. The Balaban J connectivity index is 1.69. The Morgan fingerprint density at radius 2 is 1.69 bits per heavy atom. The molecule has 0 saturated carbocycles. The first-order chi connectivity index (χ1) is 12.5. The van der Waals surface area contributed by atoms with E-state index in [0.717, 1.165) is 26.2 Å². The maximum absolute atomic E-state index is 10.9. The smallest absolute Gasteiger partial charge is 0.317 e. The van der Waals surface area contributed by atoms with Gasteiger partial charge in [0.25, 0.3) is 0 Å². The zero-order chi connectivity index (χ0) is 18.5. The van der Waals surface area contributed by atoms with Crippen molar-refractivity contribution in [3.63, 3.8) is 0 Å². The molecule has 1 N–H and O–H groups in total. The number of carboxylic acid groups (broad SMARTS) is 1. The molecule has 1 aliphatic rings. The van der Waals surface area contributed by atoms with E-state index >= 15 is 0 Å². The van der Waals surface area contributed by atoms with Gasteiger partial charge < -0.3 is 10.0 Å². The van der Waals surface area contributed by atoms with Crippen molar-refractivity contribution in [1.29, 1.82) is 0 Å². The molecule has 0 radical (unpaired) electrons. The fraction of sp³-hybridized carbons (Fsp3) is 0.381. The van der Waals surface area contributed by atoms with Gasteiger partial charge >= 0.3 is 5.97 Å². The summed E-state index contributed by atoms with van der Waals surface area (Å²) in [6.07, 6.45) is 0. The lowest BCUT2D eigenvalue weighted by molar-refractivity contribution is -0.138. The maximum atomic E-state index is 10.9. The highest BCUT2D eigenvalue weighted by Gasteiger charge is 2.20. The van der Waals surface area contributed by atoms with Gasteiger partial charge in [-0.1, -0.05) is 49.9 Å². The van der Waals surface area contributed by atoms with Crippen LogP contribution in [0.5, 0.6) is 0 Å². The average molecular weight is 371 g/mol. The van der Waals surface area contributed by atoms with E-state index in [4.69, 9.17) is 5.11 Å². The zero-order valence-electron chi connectivity index (χ0n) is 15.4. The molecular weight excluding hydrogens is 344 g/mol. The van der Waals surface area contributed by atoms with Gasteiger partial charge in [-0.05, 0) is 35.7 Å². The molecular formula is C21H26N2O2S. The van der Waals surface area contributed by atoms with Crippen LogP contribution in [0.1, 0.15) is 25.3 Å². The third-order valence-corrected chi connectivity index (χ3v) is 5.78. The molecule has 0 bridgehead atoms. The number of benzene rings is 2. The van der Waals surface area contributed by atoms with Gasteiger partial charge in [-0.15, -0.1) is 0 Å². The molecule has 2 aromatic carbocycles. The van der Waals surface area contributed by atoms with Crippen LogP contribution in [-0.2, 0) is 4.79 Å². The van der Waals surface area contributed by atoms with Crippen LogP contribution in [0.15, 0.2) is 58.3 Å². The largest absolute Gasteiger partial charge is 0.480 e. The number of nitrogens with zero attached hydrogens (tertiary/aromatic N) is 2. The van der Waals surface area contributed by atoms with E-state index in [1.54, 1.807) is 11.8 Å². The summed E-state index contributed by atoms with van der Waals surface area (Å²) in [6, 6.07) is 17.3. The number of piperazine rings is 1. The van der Waals surface area contributed by atoms with Gasteiger partial charge in [0.15, 0.2) is 0 Å². The highest BCUT2D eigenvalue weighted by Crippen LogP contribution is 2.36. The molecule has 1 fully saturated rings. The van der Waals surface area contributed by atoms with Crippen molar-refractivity contribution in [2.24, 2.45) is 0 Å². The van der Waals surface area contributed by atoms with E-state index in [0.29, 0.717) is 5.92 Å². The van der Waals surface area contributed by atoms with Crippen molar-refractivity contribution in [3.8, 4) is 0 Å². The van der Waals surface area contributed by atoms with E-state index < -0.39 is 5.97 Å². The van der Waals surface area contributed by atoms with Crippen LogP contribution in [0, 0.1) is 0 Å². The van der Waals surface area contributed by atoms with Gasteiger partial charge in [0.2, 0.25) is 0 Å². The summed E-state index contributed by atoms with van der Waals surface area (Å²) in [5.41, 5.74) is 2.59. The number of carbonyl (C=O) groups is 1. The Labute approximate surface area is 159 Å². The minimum absolute atomic E-state index is 0.131. The van der Waals surface area contributed by atoms with Gasteiger partial charge in [0, 0.05) is 36.0 Å². The molecule has 0 unspecified atom stereocenters. The third kappa shape index (κ3) is 4.80. The summed E-state index contributed by atoms with van der Waals surface area (Å²) in [4.78, 5) is 17.7. The number of carboxylic acids is 1. The molecule has 0 aliphatic carbocycles. The molecule has 0 atom stereocenters. The number of para-hydroxylation sites is 1. The van der Waals surface area contributed by atoms with Crippen LogP contribution in [0.3, 0.4) is 0 Å². The number of rotatable bonds is 6. The highest BCUT2D eigenvalue weighted by atomic mass is 32.2. The molecule has 0 amide bonds. The van der Waals surface area contributed by atoms with Crippen LogP contribution >= 0.6 is 11.8 Å². The monoisotopic (exact) mass is 370 g/mol. The van der Waals surface area contributed by atoms with Crippen molar-refractivity contribution < 1.29 is 9.90 Å². The SMILES string of the molecule is CC(C)c1ccc(Sc2ccccc2N2CCN(CC(=O)O)CC2)cc1. The van der Waals surface area contributed by atoms with Gasteiger partial charge in [-0.2, -0.15) is 0 Å². The average Bonchev–Trinajstić information content (AvgIpc) is 2.63. The molecule has 0 spiro atoms. The number of hydrogen-bond acceptors (Lipinski definition) is 4. The summed E-state index contributed by atoms with van der Waals surface area (Å²) in [5.74, 6) is -0.206. The van der Waals surface area contributed by atoms with Gasteiger partial charge in [-0.25, -0.2) is 0 Å². The summed E-state index contributed by atoms with van der Waals surface area (Å²) in [5, 5.41) is 8.95. The van der Waals surface area contributed by atoms with Gasteiger partial charge in [0.1, 0.15) is 0 Å². The normalized spacial score (nSPS) is 15.4. The summed E-state index contributed by atoms with van der Waals surface area (Å²) < 4.78 is 0. The van der Waals surface area contributed by atoms with Crippen LogP contribution in [-0.4, -0.2) is 48.7 Å². The number of aliphatic carboxylic acids is 1. The summed E-state index contributed by atoms with van der Waals surface area (Å²) in [7, 11) is 0. The van der Waals surface area contributed by atoms with Crippen molar-refractivity contribution in [2.45, 2.75) is 29.6 Å². The number of anilines is 1. The molecule has 3 rings (SSSR count). The fourth-order valence-corrected chi connectivity index (χ4v) is 4.17. The molecule has 1 heterocycles. The van der Waals surface area contributed by atoms with E-state index in [9.17, 15) is 4.79 Å². The van der Waals surface area contributed by atoms with Gasteiger partial charge in [0.05, 0.1) is 12.2 Å². The Morgan fingerprint density at radius 1 is 1.04 bits per heavy atom. The third-order valence-electron chi connectivity index (χ3n) is 4.71. The van der Waals surface area contributed by atoms with Crippen LogP contribution in [0.4, 0.5) is 5.69 Å². The first kappa shape index (κ1) is 18.8. The van der Waals surface area contributed by atoms with Gasteiger partial charge in [-0.3, -0.25) is 9.69 Å². The second-order valence-corrected chi connectivity index (χ2v) is 8.07. The Bertz CT molecular complexity index is 738. The first-order valence-electron chi connectivity index (χ1n) is 9.09. The van der Waals surface area contributed by atoms with Crippen LogP contribution in [0.25, 0.3) is 0 Å². The molecule has 2 aromatic rings. The molecule has 0 aromatic heterocycles. The molecule has 5 heteroatoms. The van der Waals surface area contributed by atoms with E-state index in [1.165, 1.54) is 21.0 Å². The zero-order valence-corrected chi connectivity index (χ0v) is 16.2. The predicted octanol–water partition coefficient (Wildman–Crippen LogP) is 4.17. The van der Waals surface area contributed by atoms with Crippen LogP contribution < -0.4 is 4.90 Å². The predicted molar refractivity (Wildman–Crippen MR) is 107 cm³/mol. The van der Waals surface area contributed by atoms with Crippen molar-refractivity contribution >= 4 is 23.4 Å². The Kier molecular flexibility index (Phi) is 6.22. The fourth-order valence-electron chi connectivity index (χ4n) is 3.19. The van der Waals surface area contributed by atoms with Crippen molar-refractivity contribution in [2.75, 3.05) is 37.6 Å².